The van der Waals surface area contributed by atoms with Crippen molar-refractivity contribution in [3.63, 3.8) is 0 Å². The maximum atomic E-state index is 14.5. The number of carboxylic acid groups (broad SMARTS) is 1. The van der Waals surface area contributed by atoms with E-state index in [0.29, 0.717) is 38.0 Å². The van der Waals surface area contributed by atoms with E-state index in [0.717, 1.165) is 11.1 Å². The van der Waals surface area contributed by atoms with Gasteiger partial charge in [0.1, 0.15) is 30.2 Å². The second-order valence-corrected chi connectivity index (χ2v) is 15.3. The number of unbranched alkanes of at least 4 members (excludes halogenated alkanes) is 1. The van der Waals surface area contributed by atoms with Crippen LogP contribution in [0, 0.1) is 5.92 Å². The fraction of sp³-hybridized carbons (Fsp3) is 0.550. The normalized spacial score (nSPS) is 16.2. The molecule has 0 aromatic heterocycles. The first-order chi connectivity index (χ1) is 25.9. The third kappa shape index (κ3) is 13.8. The molecule has 5 atom stereocenters. The monoisotopic (exact) mass is 766 g/mol. The third-order valence-corrected chi connectivity index (χ3v) is 10.2. The fourth-order valence-corrected chi connectivity index (χ4v) is 7.07. The van der Waals surface area contributed by atoms with Crippen molar-refractivity contribution < 1.29 is 33.9 Å². The van der Waals surface area contributed by atoms with Crippen LogP contribution in [0.4, 0.5) is 0 Å². The van der Waals surface area contributed by atoms with Crippen LogP contribution in [0.25, 0.3) is 0 Å². The van der Waals surface area contributed by atoms with Crippen LogP contribution in [0.15, 0.2) is 60.7 Å². The predicted octanol–water partition coefficient (Wildman–Crippen LogP) is 2.76. The molecule has 14 heteroatoms. The van der Waals surface area contributed by atoms with Gasteiger partial charge in [-0.2, -0.15) is 11.8 Å². The Labute approximate surface area is 323 Å². The Bertz CT molecular complexity index is 1530. The zero-order valence-electron chi connectivity index (χ0n) is 32.0. The Hall–Kier alpha value is -4.43. The van der Waals surface area contributed by atoms with Crippen molar-refractivity contribution in [2.45, 2.75) is 102 Å². The maximum Gasteiger partial charge on any atom is 0.326 e. The lowest BCUT2D eigenvalue weighted by atomic mass is 9.99. The second kappa shape index (κ2) is 22.7. The number of hydrogen-bond donors (Lipinski definition) is 5. The minimum atomic E-state index is -1.15. The van der Waals surface area contributed by atoms with Crippen molar-refractivity contribution in [2.24, 2.45) is 11.7 Å². The maximum absolute atomic E-state index is 14.5. The van der Waals surface area contributed by atoms with Crippen molar-refractivity contribution in [3.8, 4) is 0 Å². The van der Waals surface area contributed by atoms with E-state index in [2.05, 4.69) is 16.0 Å². The number of carboxylic acids is 1. The number of nitrogens with two attached hydrogens (primary N) is 1. The molecule has 2 aromatic carbocycles. The highest BCUT2D eigenvalue weighted by Crippen LogP contribution is 2.24. The number of carbonyl (C=O) groups is 6. The topological polar surface area (TPSA) is 191 Å². The van der Waals surface area contributed by atoms with Gasteiger partial charge in [0.25, 0.3) is 0 Å². The molecule has 0 saturated carbocycles. The van der Waals surface area contributed by atoms with Crippen LogP contribution in [-0.4, -0.2) is 113 Å². The number of rotatable bonds is 22. The molecule has 0 unspecified atom stereocenters. The van der Waals surface area contributed by atoms with Crippen molar-refractivity contribution >= 4 is 47.3 Å². The Balaban J connectivity index is 1.87. The summed E-state index contributed by atoms with van der Waals surface area (Å²) in [5, 5.41) is 18.2. The Kier molecular flexibility index (Phi) is 18.5. The summed E-state index contributed by atoms with van der Waals surface area (Å²) in [7, 11) is 1.52. The SMILES string of the molecule is CSCC[C@H](NC(=O)[C@H](CC(C)C)N(C)C(=O)[C@@H]1CCCN1C(=O)[C@H](Cc1ccccc1)NC(=O)[C@H](Cc1ccccc1)NC(=O)CCCCN)C(=O)O. The molecule has 1 fully saturated rings. The number of carbonyl (C=O) groups excluding carboxylic acids is 5. The highest BCUT2D eigenvalue weighted by molar-refractivity contribution is 7.98. The minimum Gasteiger partial charge on any atom is -0.480 e. The lowest BCUT2D eigenvalue weighted by Gasteiger charge is -2.35. The van der Waals surface area contributed by atoms with Gasteiger partial charge in [0.05, 0.1) is 0 Å². The van der Waals surface area contributed by atoms with Gasteiger partial charge >= 0.3 is 5.97 Å². The molecule has 6 N–H and O–H groups in total. The predicted molar refractivity (Wildman–Crippen MR) is 210 cm³/mol. The molecule has 5 amide bonds. The summed E-state index contributed by atoms with van der Waals surface area (Å²) in [6.45, 7) is 4.55. The molecule has 1 aliphatic rings. The summed E-state index contributed by atoms with van der Waals surface area (Å²) >= 11 is 1.47. The van der Waals surface area contributed by atoms with E-state index in [-0.39, 0.29) is 50.5 Å². The standard InChI is InChI=1S/C40H58N6O7S/c1-27(2)24-34(37(49)43-30(40(52)53)20-23-54-4)45(3)39(51)33-18-13-22-46(33)38(50)32(26-29-16-9-6-10-17-29)44-36(48)31(25-28-14-7-5-8-15-28)42-35(47)19-11-12-21-41/h5-10,14-17,27,30-34H,11-13,18-26,41H2,1-4H3,(H,42,47)(H,43,49)(H,44,48)(H,52,53)/t30-,31-,32-,33-,34-/m0/s1. The molecule has 54 heavy (non-hydrogen) atoms. The van der Waals surface area contributed by atoms with Crippen LogP contribution >= 0.6 is 11.8 Å². The van der Waals surface area contributed by atoms with Gasteiger partial charge < -0.3 is 36.6 Å². The van der Waals surface area contributed by atoms with Gasteiger partial charge in [-0.1, -0.05) is 74.5 Å². The first kappa shape index (κ1) is 44.0. The number of thioether (sulfide) groups is 1. The number of likely N-dealkylation sites (tertiary alicyclic amines) is 1. The number of nitrogens with one attached hydrogen (secondary N) is 3. The average Bonchev–Trinajstić information content (AvgIpc) is 3.65. The van der Waals surface area contributed by atoms with Crippen LogP contribution in [0.5, 0.6) is 0 Å². The Morgan fingerprint density at radius 1 is 0.870 bits per heavy atom. The van der Waals surface area contributed by atoms with E-state index in [9.17, 15) is 33.9 Å². The summed E-state index contributed by atoms with van der Waals surface area (Å²) in [6, 6.07) is 13.5. The molecule has 3 rings (SSSR count). The highest BCUT2D eigenvalue weighted by atomic mass is 32.2. The van der Waals surface area contributed by atoms with Crippen molar-refractivity contribution in [3.05, 3.63) is 71.8 Å². The largest absolute Gasteiger partial charge is 0.480 e. The van der Waals surface area contributed by atoms with Crippen LogP contribution < -0.4 is 21.7 Å². The average molecular weight is 767 g/mol. The summed E-state index contributed by atoms with van der Waals surface area (Å²) in [5.74, 6) is -2.87. The zero-order valence-corrected chi connectivity index (χ0v) is 32.8. The van der Waals surface area contributed by atoms with Gasteiger partial charge in [-0.15, -0.1) is 0 Å². The molecule has 1 heterocycles. The molecule has 13 nitrogen and oxygen atoms in total. The van der Waals surface area contributed by atoms with E-state index in [1.165, 1.54) is 28.6 Å². The van der Waals surface area contributed by atoms with E-state index >= 15 is 0 Å². The van der Waals surface area contributed by atoms with E-state index < -0.39 is 59.8 Å². The summed E-state index contributed by atoms with van der Waals surface area (Å²) in [6.07, 6.45) is 5.08. The van der Waals surface area contributed by atoms with Gasteiger partial charge in [0, 0.05) is 32.9 Å². The lowest BCUT2D eigenvalue weighted by molar-refractivity contribution is -0.149. The first-order valence-electron chi connectivity index (χ1n) is 18.8. The molecule has 0 aliphatic carbocycles. The molecular formula is C40H58N6O7S. The first-order valence-corrected chi connectivity index (χ1v) is 20.2. The highest BCUT2D eigenvalue weighted by Gasteiger charge is 2.42. The third-order valence-electron chi connectivity index (χ3n) is 9.55. The molecule has 0 bridgehead atoms. The molecule has 1 saturated heterocycles. The van der Waals surface area contributed by atoms with Crippen LogP contribution in [-0.2, 0) is 41.6 Å². The summed E-state index contributed by atoms with van der Waals surface area (Å²) in [5.41, 5.74) is 7.23. The number of amides is 5. The van der Waals surface area contributed by atoms with Gasteiger partial charge in [0.15, 0.2) is 0 Å². The molecule has 0 spiro atoms. The van der Waals surface area contributed by atoms with Gasteiger partial charge in [-0.3, -0.25) is 24.0 Å². The number of aliphatic carboxylic acids is 1. The lowest BCUT2D eigenvalue weighted by Crippen LogP contribution is -2.59. The second-order valence-electron chi connectivity index (χ2n) is 14.3. The van der Waals surface area contributed by atoms with Gasteiger partial charge in [0.2, 0.25) is 29.5 Å². The summed E-state index contributed by atoms with van der Waals surface area (Å²) < 4.78 is 0. The number of likely N-dealkylation sites (N-methyl/N-ethyl adjacent to an activating group) is 1. The molecule has 296 valence electrons. The fourth-order valence-electron chi connectivity index (χ4n) is 6.60. The molecular weight excluding hydrogens is 709 g/mol. The van der Waals surface area contributed by atoms with E-state index in [4.69, 9.17) is 5.73 Å². The molecule has 0 radical (unpaired) electrons. The van der Waals surface area contributed by atoms with Gasteiger partial charge in [-0.05, 0) is 74.1 Å². The Morgan fingerprint density at radius 3 is 2.02 bits per heavy atom. The molecule has 2 aromatic rings. The quantitative estimate of drug-likeness (QED) is 0.112. The van der Waals surface area contributed by atoms with Crippen LogP contribution in [0.1, 0.15) is 69.9 Å². The van der Waals surface area contributed by atoms with E-state index in [1.807, 2.05) is 80.8 Å². The van der Waals surface area contributed by atoms with Crippen molar-refractivity contribution in [1.82, 2.24) is 25.8 Å². The van der Waals surface area contributed by atoms with E-state index in [1.54, 1.807) is 0 Å². The van der Waals surface area contributed by atoms with Crippen molar-refractivity contribution in [2.75, 3.05) is 32.1 Å². The van der Waals surface area contributed by atoms with Crippen molar-refractivity contribution in [1.29, 1.82) is 0 Å². The van der Waals surface area contributed by atoms with Gasteiger partial charge in [-0.25, -0.2) is 4.79 Å². The van der Waals surface area contributed by atoms with Crippen LogP contribution in [0.3, 0.4) is 0 Å². The minimum absolute atomic E-state index is 0.00207. The number of hydrogen-bond acceptors (Lipinski definition) is 8. The number of nitrogens with zero attached hydrogens (tertiary/aromatic N) is 2. The Morgan fingerprint density at radius 2 is 1.46 bits per heavy atom. The smallest absolute Gasteiger partial charge is 0.326 e. The zero-order chi connectivity index (χ0) is 39.6. The molecule has 1 aliphatic heterocycles. The number of benzene rings is 2. The van der Waals surface area contributed by atoms with Crippen LogP contribution in [0.2, 0.25) is 0 Å². The summed E-state index contributed by atoms with van der Waals surface area (Å²) in [4.78, 5) is 84.0.